The van der Waals surface area contributed by atoms with Crippen molar-refractivity contribution in [3.63, 3.8) is 0 Å². The van der Waals surface area contributed by atoms with Crippen LogP contribution in [-0.2, 0) is 9.59 Å². The molecule has 1 aromatic rings. The Hall–Kier alpha value is -1.16. The van der Waals surface area contributed by atoms with Gasteiger partial charge in [0.05, 0.1) is 5.69 Å². The Morgan fingerprint density at radius 3 is 3.07 bits per heavy atom. The number of rotatable bonds is 5. The molecule has 0 bridgehead atoms. The van der Waals surface area contributed by atoms with Crippen LogP contribution in [0.5, 0.6) is 0 Å². The minimum atomic E-state index is -0.0400. The van der Waals surface area contributed by atoms with Crippen molar-refractivity contribution in [2.24, 2.45) is 0 Å². The molecule has 1 radical (unpaired) electrons. The Morgan fingerprint density at radius 2 is 2.43 bits per heavy atom. The van der Waals surface area contributed by atoms with Gasteiger partial charge in [-0.2, -0.15) is 0 Å². The third-order valence-corrected chi connectivity index (χ3v) is 2.60. The molecular weight excluding hydrogens is 198 g/mol. The van der Waals surface area contributed by atoms with Crippen LogP contribution in [-0.4, -0.2) is 12.2 Å². The summed E-state index contributed by atoms with van der Waals surface area (Å²) in [7, 11) is 0. The lowest BCUT2D eigenvalue weighted by atomic mass is 10.2. The van der Waals surface area contributed by atoms with Crippen molar-refractivity contribution >= 4 is 29.2 Å². The zero-order valence-corrected chi connectivity index (χ0v) is 8.82. The average molecular weight is 210 g/mol. The average Bonchev–Trinajstić information content (AvgIpc) is 2.62. The maximum Gasteiger partial charge on any atom is 0.246 e. The molecule has 0 fully saturated rings. The molecule has 75 valence electrons. The molecule has 0 aromatic carbocycles. The van der Waals surface area contributed by atoms with E-state index in [1.807, 2.05) is 6.92 Å². The van der Waals surface area contributed by atoms with Crippen LogP contribution in [0.15, 0.2) is 11.4 Å². The third-order valence-electron chi connectivity index (χ3n) is 1.79. The molecule has 1 aromatic heterocycles. The minimum Gasteiger partial charge on any atom is -0.325 e. The van der Waals surface area contributed by atoms with Gasteiger partial charge in [0, 0.05) is 6.42 Å². The van der Waals surface area contributed by atoms with Gasteiger partial charge < -0.3 is 5.32 Å². The van der Waals surface area contributed by atoms with Gasteiger partial charge in [0.1, 0.15) is 4.88 Å². The Morgan fingerprint density at radius 1 is 1.64 bits per heavy atom. The molecule has 0 saturated carbocycles. The monoisotopic (exact) mass is 210 g/mol. The third kappa shape index (κ3) is 2.96. The van der Waals surface area contributed by atoms with Gasteiger partial charge in [0.2, 0.25) is 12.2 Å². The lowest BCUT2D eigenvalue weighted by molar-refractivity contribution is -0.116. The quantitative estimate of drug-likeness (QED) is 0.810. The SMILES string of the molecule is CCCCC(=O)Nc1ccsc1[C]=O. The smallest absolute Gasteiger partial charge is 0.246 e. The molecule has 0 spiro atoms. The van der Waals surface area contributed by atoms with Gasteiger partial charge >= 0.3 is 0 Å². The van der Waals surface area contributed by atoms with E-state index in [1.54, 1.807) is 17.7 Å². The summed E-state index contributed by atoms with van der Waals surface area (Å²) in [6.45, 7) is 2.03. The van der Waals surface area contributed by atoms with E-state index in [2.05, 4.69) is 5.32 Å². The van der Waals surface area contributed by atoms with E-state index in [4.69, 9.17) is 0 Å². The molecule has 1 heterocycles. The number of carbonyl (C=O) groups is 1. The van der Waals surface area contributed by atoms with Gasteiger partial charge in [-0.1, -0.05) is 13.3 Å². The van der Waals surface area contributed by atoms with E-state index in [-0.39, 0.29) is 5.91 Å². The minimum absolute atomic E-state index is 0.0400. The Labute approximate surface area is 87.1 Å². The molecule has 14 heavy (non-hydrogen) atoms. The number of amides is 1. The molecule has 4 heteroatoms. The standard InChI is InChI=1S/C10H12NO2S/c1-2-3-4-10(13)11-8-5-6-14-9(8)7-12/h5-6H,2-4H2,1H3,(H,11,13). The molecule has 0 atom stereocenters. The number of carbonyl (C=O) groups excluding carboxylic acids is 2. The lowest BCUT2D eigenvalue weighted by Gasteiger charge is -2.02. The summed E-state index contributed by atoms with van der Waals surface area (Å²) in [6.07, 6.45) is 4.16. The molecule has 1 N–H and O–H groups in total. The largest absolute Gasteiger partial charge is 0.325 e. The zero-order valence-electron chi connectivity index (χ0n) is 8.00. The van der Waals surface area contributed by atoms with Crippen LogP contribution in [0.4, 0.5) is 5.69 Å². The normalized spacial score (nSPS) is 9.79. The summed E-state index contributed by atoms with van der Waals surface area (Å²) in [4.78, 5) is 22.2. The van der Waals surface area contributed by atoms with Crippen molar-refractivity contribution in [3.8, 4) is 0 Å². The highest BCUT2D eigenvalue weighted by molar-refractivity contribution is 7.12. The molecule has 1 amide bonds. The molecule has 0 aliphatic carbocycles. The second-order valence-corrected chi connectivity index (χ2v) is 3.83. The fraction of sp³-hybridized carbons (Fsp3) is 0.400. The van der Waals surface area contributed by atoms with E-state index in [1.165, 1.54) is 11.3 Å². The van der Waals surface area contributed by atoms with E-state index in [0.717, 1.165) is 12.8 Å². The first-order valence-corrected chi connectivity index (χ1v) is 5.41. The van der Waals surface area contributed by atoms with Crippen molar-refractivity contribution in [3.05, 3.63) is 16.3 Å². The fourth-order valence-corrected chi connectivity index (χ4v) is 1.67. The number of hydrogen-bond acceptors (Lipinski definition) is 3. The number of unbranched alkanes of at least 4 members (excludes halogenated alkanes) is 1. The van der Waals surface area contributed by atoms with E-state index in [9.17, 15) is 9.59 Å². The summed E-state index contributed by atoms with van der Waals surface area (Å²) in [6, 6.07) is 1.72. The molecular formula is C10H12NO2S. The fourth-order valence-electron chi connectivity index (χ4n) is 1.04. The molecule has 3 nitrogen and oxygen atoms in total. The summed E-state index contributed by atoms with van der Waals surface area (Å²) in [5.41, 5.74) is 0.575. The van der Waals surface area contributed by atoms with Gasteiger partial charge in [-0.25, -0.2) is 0 Å². The van der Waals surface area contributed by atoms with Crippen LogP contribution in [0, 0.1) is 0 Å². The number of thiophene rings is 1. The predicted octanol–water partition coefficient (Wildman–Crippen LogP) is 2.33. The van der Waals surface area contributed by atoms with Gasteiger partial charge in [0.15, 0.2) is 0 Å². The van der Waals surface area contributed by atoms with Crippen LogP contribution in [0.3, 0.4) is 0 Å². The zero-order chi connectivity index (χ0) is 10.4. The number of nitrogens with one attached hydrogen (secondary N) is 1. The van der Waals surface area contributed by atoms with Gasteiger partial charge in [-0.05, 0) is 17.9 Å². The van der Waals surface area contributed by atoms with E-state index >= 15 is 0 Å². The van der Waals surface area contributed by atoms with Crippen molar-refractivity contribution in [2.75, 3.05) is 5.32 Å². The van der Waals surface area contributed by atoms with Crippen molar-refractivity contribution in [1.29, 1.82) is 0 Å². The maximum absolute atomic E-state index is 11.3. The van der Waals surface area contributed by atoms with E-state index in [0.29, 0.717) is 17.0 Å². The first kappa shape index (κ1) is 10.9. The Bertz CT molecular complexity index is 320. The Kier molecular flexibility index (Phi) is 4.32. The summed E-state index contributed by atoms with van der Waals surface area (Å²) < 4.78 is 0. The maximum atomic E-state index is 11.3. The first-order valence-electron chi connectivity index (χ1n) is 4.53. The Balaban J connectivity index is 2.51. The van der Waals surface area contributed by atoms with Crippen LogP contribution in [0.1, 0.15) is 31.1 Å². The molecule has 0 unspecified atom stereocenters. The molecule has 0 aliphatic rings. The van der Waals surface area contributed by atoms with Crippen LogP contribution >= 0.6 is 11.3 Å². The molecule has 0 saturated heterocycles. The van der Waals surface area contributed by atoms with Crippen molar-refractivity contribution in [1.82, 2.24) is 0 Å². The van der Waals surface area contributed by atoms with Crippen LogP contribution in [0.2, 0.25) is 0 Å². The lowest BCUT2D eigenvalue weighted by Crippen LogP contribution is -2.11. The summed E-state index contributed by atoms with van der Waals surface area (Å²) in [5.74, 6) is -0.0400. The highest BCUT2D eigenvalue weighted by atomic mass is 32.1. The van der Waals surface area contributed by atoms with Crippen molar-refractivity contribution in [2.45, 2.75) is 26.2 Å². The molecule has 1 rings (SSSR count). The molecule has 0 aliphatic heterocycles. The second-order valence-electron chi connectivity index (χ2n) is 2.92. The number of anilines is 1. The predicted molar refractivity (Wildman–Crippen MR) is 57.3 cm³/mol. The topological polar surface area (TPSA) is 46.2 Å². The van der Waals surface area contributed by atoms with Gasteiger partial charge in [-0.3, -0.25) is 9.59 Å². The highest BCUT2D eigenvalue weighted by Crippen LogP contribution is 2.19. The van der Waals surface area contributed by atoms with Crippen LogP contribution < -0.4 is 5.32 Å². The second kappa shape index (κ2) is 5.54. The van der Waals surface area contributed by atoms with Gasteiger partial charge in [-0.15, -0.1) is 11.3 Å². The summed E-state index contributed by atoms with van der Waals surface area (Å²) >= 11 is 1.28. The highest BCUT2D eigenvalue weighted by Gasteiger charge is 2.07. The number of hydrogen-bond donors (Lipinski definition) is 1. The first-order chi connectivity index (χ1) is 6.77. The van der Waals surface area contributed by atoms with Crippen LogP contribution in [0.25, 0.3) is 0 Å². The summed E-state index contributed by atoms with van der Waals surface area (Å²) in [5, 5.41) is 4.44. The van der Waals surface area contributed by atoms with Crippen molar-refractivity contribution < 1.29 is 9.59 Å². The van der Waals surface area contributed by atoms with Gasteiger partial charge in [0.25, 0.3) is 0 Å². The van der Waals surface area contributed by atoms with E-state index < -0.39 is 0 Å².